The van der Waals surface area contributed by atoms with Crippen molar-refractivity contribution in [3.05, 3.63) is 53.8 Å². The molecule has 0 saturated heterocycles. The van der Waals surface area contributed by atoms with E-state index in [1.54, 1.807) is 13.0 Å². The number of benzene rings is 2. The fraction of sp³-hybridized carbons (Fsp3) is 0.0714. The molecule has 3 nitrogen and oxygen atoms in total. The highest BCUT2D eigenvalue weighted by molar-refractivity contribution is 5.72. The summed E-state index contributed by atoms with van der Waals surface area (Å²) in [6.45, 7) is 1.67. The number of aromatic nitrogens is 1. The predicted molar refractivity (Wildman–Crippen MR) is 65.2 cm³/mol. The molecule has 18 heavy (non-hydrogen) atoms. The minimum Gasteiger partial charge on any atom is -0.411 e. The lowest BCUT2D eigenvalue weighted by Gasteiger charge is -2.01. The predicted octanol–water partition coefficient (Wildman–Crippen LogP) is 4.07. The molecule has 3 rings (SSSR count). The highest BCUT2D eigenvalue weighted by Gasteiger charge is 2.08. The number of aryl methyl sites for hydroxylation is 1. The molecule has 0 aliphatic rings. The number of halogens is 1. The van der Waals surface area contributed by atoms with E-state index in [9.17, 15) is 4.39 Å². The first-order valence-corrected chi connectivity index (χ1v) is 5.52. The second-order valence-electron chi connectivity index (χ2n) is 3.96. The Morgan fingerprint density at radius 3 is 2.78 bits per heavy atom. The fourth-order valence-corrected chi connectivity index (χ4v) is 1.68. The number of hydrogen-bond acceptors (Lipinski definition) is 3. The first-order valence-electron chi connectivity index (χ1n) is 5.52. The first-order chi connectivity index (χ1) is 8.72. The van der Waals surface area contributed by atoms with Gasteiger partial charge >= 0.3 is 6.08 Å². The van der Waals surface area contributed by atoms with Gasteiger partial charge in [0.05, 0.1) is 0 Å². The smallest absolute Gasteiger partial charge is 0.400 e. The molecule has 4 heteroatoms. The van der Waals surface area contributed by atoms with E-state index in [1.807, 2.05) is 24.3 Å². The summed E-state index contributed by atoms with van der Waals surface area (Å²) in [6, 6.07) is 11.9. The van der Waals surface area contributed by atoms with Gasteiger partial charge in [-0.1, -0.05) is 12.1 Å². The zero-order chi connectivity index (χ0) is 12.5. The number of ether oxygens (including phenoxy) is 1. The van der Waals surface area contributed by atoms with Gasteiger partial charge in [-0.3, -0.25) is 0 Å². The van der Waals surface area contributed by atoms with Crippen LogP contribution in [0.15, 0.2) is 46.9 Å². The van der Waals surface area contributed by atoms with Crippen molar-refractivity contribution < 1.29 is 13.5 Å². The molecule has 0 aliphatic carbocycles. The van der Waals surface area contributed by atoms with Gasteiger partial charge in [0.2, 0.25) is 0 Å². The number of fused-ring (bicyclic) bond motifs is 1. The van der Waals surface area contributed by atoms with Crippen LogP contribution in [0.5, 0.6) is 11.8 Å². The van der Waals surface area contributed by atoms with Gasteiger partial charge in [-0.15, -0.1) is 0 Å². The van der Waals surface area contributed by atoms with E-state index in [4.69, 9.17) is 9.15 Å². The third-order valence-corrected chi connectivity index (χ3v) is 2.61. The summed E-state index contributed by atoms with van der Waals surface area (Å²) in [6.07, 6.45) is 0.155. The summed E-state index contributed by atoms with van der Waals surface area (Å²) >= 11 is 0. The fourth-order valence-electron chi connectivity index (χ4n) is 1.68. The molecule has 0 amide bonds. The van der Waals surface area contributed by atoms with Gasteiger partial charge in [0.15, 0.2) is 5.58 Å². The van der Waals surface area contributed by atoms with E-state index in [1.165, 1.54) is 12.1 Å². The number of hydrogen-bond donors (Lipinski definition) is 0. The lowest BCUT2D eigenvalue weighted by molar-refractivity contribution is 0.342. The zero-order valence-electron chi connectivity index (χ0n) is 9.68. The maximum Gasteiger partial charge on any atom is 0.400 e. The molecule has 0 aliphatic heterocycles. The van der Waals surface area contributed by atoms with Crippen LogP contribution in [-0.4, -0.2) is 4.98 Å². The van der Waals surface area contributed by atoms with Crippen LogP contribution in [0.4, 0.5) is 4.39 Å². The maximum absolute atomic E-state index is 13.1. The van der Waals surface area contributed by atoms with Gasteiger partial charge in [-0.25, -0.2) is 4.39 Å². The standard InChI is InChI=1S/C14H10FNO2/c1-9-8-10(6-7-11(9)15)17-14-16-12-4-2-3-5-13(12)18-14/h2-8H,1H3. The molecule has 0 atom stereocenters. The van der Waals surface area contributed by atoms with Crippen molar-refractivity contribution in [3.63, 3.8) is 0 Å². The molecule has 2 aromatic carbocycles. The van der Waals surface area contributed by atoms with Crippen LogP contribution in [0.1, 0.15) is 5.56 Å². The molecule has 1 heterocycles. The van der Waals surface area contributed by atoms with Crippen molar-refractivity contribution in [1.82, 2.24) is 4.98 Å². The molecule has 0 fully saturated rings. The minimum atomic E-state index is -0.264. The van der Waals surface area contributed by atoms with Gasteiger partial charge in [0, 0.05) is 0 Å². The average molecular weight is 243 g/mol. The summed E-state index contributed by atoms with van der Waals surface area (Å²) in [5.74, 6) is 0.236. The van der Waals surface area contributed by atoms with Crippen molar-refractivity contribution in [3.8, 4) is 11.8 Å². The third kappa shape index (κ3) is 1.93. The molecule has 0 radical (unpaired) electrons. The maximum atomic E-state index is 13.1. The van der Waals surface area contributed by atoms with E-state index in [-0.39, 0.29) is 11.9 Å². The Morgan fingerprint density at radius 1 is 1.17 bits per heavy atom. The summed E-state index contributed by atoms with van der Waals surface area (Å²) in [7, 11) is 0. The molecule has 0 bridgehead atoms. The summed E-state index contributed by atoms with van der Waals surface area (Å²) in [5, 5.41) is 0. The van der Waals surface area contributed by atoms with Crippen molar-refractivity contribution >= 4 is 11.1 Å². The summed E-state index contributed by atoms with van der Waals surface area (Å²) in [5.41, 5.74) is 1.90. The third-order valence-electron chi connectivity index (χ3n) is 2.61. The Morgan fingerprint density at radius 2 is 2.00 bits per heavy atom. The van der Waals surface area contributed by atoms with Crippen LogP contribution in [0.2, 0.25) is 0 Å². The summed E-state index contributed by atoms with van der Waals surface area (Å²) in [4.78, 5) is 4.18. The molecular formula is C14H10FNO2. The van der Waals surface area contributed by atoms with Gasteiger partial charge < -0.3 is 9.15 Å². The Balaban J connectivity index is 1.93. The summed E-state index contributed by atoms with van der Waals surface area (Å²) < 4.78 is 24.0. The minimum absolute atomic E-state index is 0.155. The topological polar surface area (TPSA) is 35.3 Å². The van der Waals surface area contributed by atoms with Gasteiger partial charge in [0.25, 0.3) is 0 Å². The van der Waals surface area contributed by atoms with Crippen LogP contribution in [0.3, 0.4) is 0 Å². The number of para-hydroxylation sites is 2. The second-order valence-corrected chi connectivity index (χ2v) is 3.96. The molecule has 3 aromatic rings. The van der Waals surface area contributed by atoms with Crippen LogP contribution < -0.4 is 4.74 Å². The molecule has 0 unspecified atom stereocenters. The van der Waals surface area contributed by atoms with Crippen LogP contribution >= 0.6 is 0 Å². The van der Waals surface area contributed by atoms with E-state index in [0.717, 1.165) is 5.52 Å². The lowest BCUT2D eigenvalue weighted by Crippen LogP contribution is -1.87. The molecule has 0 N–H and O–H groups in total. The average Bonchev–Trinajstić information content (AvgIpc) is 2.76. The van der Waals surface area contributed by atoms with Crippen molar-refractivity contribution in [2.45, 2.75) is 6.92 Å². The van der Waals surface area contributed by atoms with E-state index < -0.39 is 0 Å². The van der Waals surface area contributed by atoms with Crippen LogP contribution in [-0.2, 0) is 0 Å². The van der Waals surface area contributed by atoms with E-state index >= 15 is 0 Å². The van der Waals surface area contributed by atoms with Gasteiger partial charge in [-0.2, -0.15) is 4.98 Å². The number of oxazole rings is 1. The highest BCUT2D eigenvalue weighted by atomic mass is 19.1. The lowest BCUT2D eigenvalue weighted by atomic mass is 10.2. The largest absolute Gasteiger partial charge is 0.411 e. The van der Waals surface area contributed by atoms with Crippen molar-refractivity contribution in [1.29, 1.82) is 0 Å². The molecule has 1 aromatic heterocycles. The zero-order valence-corrected chi connectivity index (χ0v) is 9.68. The number of nitrogens with zero attached hydrogens (tertiary/aromatic N) is 1. The van der Waals surface area contributed by atoms with E-state index in [0.29, 0.717) is 16.9 Å². The molecular weight excluding hydrogens is 233 g/mol. The molecule has 0 saturated carbocycles. The van der Waals surface area contributed by atoms with Crippen molar-refractivity contribution in [2.75, 3.05) is 0 Å². The normalized spacial score (nSPS) is 10.8. The van der Waals surface area contributed by atoms with Crippen LogP contribution in [0, 0.1) is 12.7 Å². The van der Waals surface area contributed by atoms with Gasteiger partial charge in [0.1, 0.15) is 17.1 Å². The quantitative estimate of drug-likeness (QED) is 0.680. The SMILES string of the molecule is Cc1cc(Oc2nc3ccccc3o2)ccc1F. The second kappa shape index (κ2) is 4.14. The Kier molecular flexibility index (Phi) is 2.48. The van der Waals surface area contributed by atoms with Crippen molar-refractivity contribution in [2.24, 2.45) is 0 Å². The highest BCUT2D eigenvalue weighted by Crippen LogP contribution is 2.26. The van der Waals surface area contributed by atoms with Gasteiger partial charge in [-0.05, 0) is 42.8 Å². The Bertz CT molecular complexity index is 673. The molecule has 0 spiro atoms. The monoisotopic (exact) mass is 243 g/mol. The Labute approximate surface area is 103 Å². The van der Waals surface area contributed by atoms with E-state index in [2.05, 4.69) is 4.98 Å². The Hall–Kier alpha value is -2.36. The first kappa shape index (κ1) is 10.8. The van der Waals surface area contributed by atoms with Crippen LogP contribution in [0.25, 0.3) is 11.1 Å². The number of rotatable bonds is 2. The molecule has 90 valence electrons.